The van der Waals surface area contributed by atoms with Crippen LogP contribution >= 0.6 is 11.3 Å². The Labute approximate surface area is 155 Å². The zero-order valence-corrected chi connectivity index (χ0v) is 15.5. The van der Waals surface area contributed by atoms with E-state index >= 15 is 0 Å². The van der Waals surface area contributed by atoms with E-state index in [9.17, 15) is 4.79 Å². The lowest BCUT2D eigenvalue weighted by Crippen LogP contribution is -2.27. The molecule has 0 radical (unpaired) electrons. The first-order valence-corrected chi connectivity index (χ1v) is 9.04. The van der Waals surface area contributed by atoms with Crippen LogP contribution in [0, 0.1) is 0 Å². The SMILES string of the molecule is COc1ccc(CCNC(=O)Cc2cc(-c3cccs3)on2)cc1OC. The Morgan fingerprint density at radius 3 is 2.77 bits per heavy atom. The molecule has 0 fully saturated rings. The van der Waals surface area contributed by atoms with Gasteiger partial charge in [0, 0.05) is 12.6 Å². The molecule has 0 saturated heterocycles. The fourth-order valence-electron chi connectivity index (χ4n) is 2.54. The van der Waals surface area contributed by atoms with Gasteiger partial charge in [-0.15, -0.1) is 11.3 Å². The molecule has 0 atom stereocenters. The molecule has 3 rings (SSSR count). The van der Waals surface area contributed by atoms with Gasteiger partial charge in [0.15, 0.2) is 17.3 Å². The molecule has 7 heteroatoms. The van der Waals surface area contributed by atoms with Crippen molar-refractivity contribution < 1.29 is 18.8 Å². The lowest BCUT2D eigenvalue weighted by molar-refractivity contribution is -0.120. The van der Waals surface area contributed by atoms with Crippen molar-refractivity contribution in [2.45, 2.75) is 12.8 Å². The quantitative estimate of drug-likeness (QED) is 0.657. The molecular formula is C19H20N2O4S. The number of nitrogens with one attached hydrogen (secondary N) is 1. The number of nitrogens with zero attached hydrogens (tertiary/aromatic N) is 1. The number of hydrogen-bond acceptors (Lipinski definition) is 6. The molecule has 0 aliphatic heterocycles. The van der Waals surface area contributed by atoms with Crippen LogP contribution in [-0.4, -0.2) is 31.8 Å². The molecule has 0 aliphatic rings. The van der Waals surface area contributed by atoms with Crippen LogP contribution in [-0.2, 0) is 17.6 Å². The van der Waals surface area contributed by atoms with Gasteiger partial charge in [-0.2, -0.15) is 0 Å². The van der Waals surface area contributed by atoms with E-state index in [0.717, 1.165) is 10.4 Å². The molecule has 0 spiro atoms. The number of carbonyl (C=O) groups is 1. The van der Waals surface area contributed by atoms with Gasteiger partial charge in [0.1, 0.15) is 0 Å². The third-order valence-electron chi connectivity index (χ3n) is 3.85. The minimum Gasteiger partial charge on any atom is -0.493 e. The van der Waals surface area contributed by atoms with Crippen LogP contribution in [0.15, 0.2) is 46.3 Å². The standard InChI is InChI=1S/C19H20N2O4S/c1-23-15-6-5-13(10-16(15)24-2)7-8-20-19(22)12-14-11-17(25-21-14)18-4-3-9-26-18/h3-6,9-11H,7-8,12H2,1-2H3,(H,20,22). The van der Waals surface area contributed by atoms with E-state index in [0.29, 0.717) is 35.9 Å². The number of carbonyl (C=O) groups excluding carboxylic acids is 1. The highest BCUT2D eigenvalue weighted by Crippen LogP contribution is 2.27. The van der Waals surface area contributed by atoms with Crippen LogP contribution in [0.2, 0.25) is 0 Å². The minimum absolute atomic E-state index is 0.0866. The summed E-state index contributed by atoms with van der Waals surface area (Å²) < 4.78 is 15.8. The normalized spacial score (nSPS) is 10.5. The lowest BCUT2D eigenvalue weighted by Gasteiger charge is -2.10. The highest BCUT2D eigenvalue weighted by molar-refractivity contribution is 7.13. The largest absolute Gasteiger partial charge is 0.493 e. The van der Waals surface area contributed by atoms with Gasteiger partial charge >= 0.3 is 0 Å². The van der Waals surface area contributed by atoms with E-state index in [2.05, 4.69) is 10.5 Å². The van der Waals surface area contributed by atoms with Crippen molar-refractivity contribution in [3.05, 3.63) is 53.0 Å². The van der Waals surface area contributed by atoms with E-state index in [1.54, 1.807) is 31.6 Å². The van der Waals surface area contributed by atoms with Crippen molar-refractivity contribution in [3.63, 3.8) is 0 Å². The monoisotopic (exact) mass is 372 g/mol. The number of thiophene rings is 1. The van der Waals surface area contributed by atoms with Crippen molar-refractivity contribution in [2.75, 3.05) is 20.8 Å². The predicted molar refractivity (Wildman–Crippen MR) is 99.8 cm³/mol. The average molecular weight is 372 g/mol. The summed E-state index contributed by atoms with van der Waals surface area (Å²) in [6, 6.07) is 11.4. The van der Waals surface area contributed by atoms with Crippen molar-refractivity contribution in [1.29, 1.82) is 0 Å². The third kappa shape index (κ3) is 4.43. The molecule has 3 aromatic rings. The first kappa shape index (κ1) is 18.0. The van der Waals surface area contributed by atoms with Crippen LogP contribution < -0.4 is 14.8 Å². The number of ether oxygens (including phenoxy) is 2. The molecule has 2 aromatic heterocycles. The highest BCUT2D eigenvalue weighted by Gasteiger charge is 2.11. The maximum Gasteiger partial charge on any atom is 0.226 e. The summed E-state index contributed by atoms with van der Waals surface area (Å²) in [4.78, 5) is 13.1. The van der Waals surface area contributed by atoms with Gasteiger partial charge < -0.3 is 19.3 Å². The van der Waals surface area contributed by atoms with Crippen LogP contribution in [0.3, 0.4) is 0 Å². The fraction of sp³-hybridized carbons (Fsp3) is 0.263. The molecular weight excluding hydrogens is 352 g/mol. The molecule has 0 bridgehead atoms. The van der Waals surface area contributed by atoms with Crippen molar-refractivity contribution in [1.82, 2.24) is 10.5 Å². The maximum atomic E-state index is 12.1. The van der Waals surface area contributed by atoms with Crippen LogP contribution in [0.5, 0.6) is 11.5 Å². The van der Waals surface area contributed by atoms with Gasteiger partial charge in [-0.3, -0.25) is 4.79 Å². The van der Waals surface area contributed by atoms with Crippen LogP contribution in [0.4, 0.5) is 0 Å². The van der Waals surface area contributed by atoms with Crippen molar-refractivity contribution in [3.8, 4) is 22.1 Å². The second-order valence-corrected chi connectivity index (χ2v) is 6.57. The molecule has 136 valence electrons. The molecule has 0 aliphatic carbocycles. The van der Waals surface area contributed by atoms with E-state index in [1.807, 2.05) is 35.7 Å². The van der Waals surface area contributed by atoms with E-state index in [4.69, 9.17) is 14.0 Å². The van der Waals surface area contributed by atoms with E-state index < -0.39 is 0 Å². The highest BCUT2D eigenvalue weighted by atomic mass is 32.1. The zero-order valence-electron chi connectivity index (χ0n) is 14.7. The number of hydrogen-bond donors (Lipinski definition) is 1. The lowest BCUT2D eigenvalue weighted by atomic mass is 10.1. The molecule has 2 heterocycles. The molecule has 1 N–H and O–H groups in total. The number of benzene rings is 1. The number of aromatic nitrogens is 1. The van der Waals surface area contributed by atoms with Crippen LogP contribution in [0.25, 0.3) is 10.6 Å². The van der Waals surface area contributed by atoms with Gasteiger partial charge in [0.2, 0.25) is 5.91 Å². The van der Waals surface area contributed by atoms with Gasteiger partial charge in [0.25, 0.3) is 0 Å². The molecule has 1 aromatic carbocycles. The van der Waals surface area contributed by atoms with Crippen molar-refractivity contribution in [2.24, 2.45) is 0 Å². The van der Waals surface area contributed by atoms with E-state index in [1.165, 1.54) is 0 Å². The molecule has 6 nitrogen and oxygen atoms in total. The molecule has 0 saturated carbocycles. The Morgan fingerprint density at radius 1 is 1.19 bits per heavy atom. The topological polar surface area (TPSA) is 73.6 Å². The summed E-state index contributed by atoms with van der Waals surface area (Å²) in [5.41, 5.74) is 1.68. The number of methoxy groups -OCH3 is 2. The van der Waals surface area contributed by atoms with Crippen molar-refractivity contribution >= 4 is 17.2 Å². The Kier molecular flexibility index (Phi) is 5.91. The summed E-state index contributed by atoms with van der Waals surface area (Å²) in [6.07, 6.45) is 0.895. The van der Waals surface area contributed by atoms with E-state index in [-0.39, 0.29) is 12.3 Å². The summed E-state index contributed by atoms with van der Waals surface area (Å²) in [5.74, 6) is 1.97. The molecule has 1 amide bonds. The second-order valence-electron chi connectivity index (χ2n) is 5.63. The third-order valence-corrected chi connectivity index (χ3v) is 4.73. The predicted octanol–water partition coefficient (Wildman–Crippen LogP) is 3.32. The maximum absolute atomic E-state index is 12.1. The number of rotatable bonds is 8. The van der Waals surface area contributed by atoms with Gasteiger partial charge in [-0.25, -0.2) is 0 Å². The fourth-order valence-corrected chi connectivity index (χ4v) is 3.21. The first-order valence-electron chi connectivity index (χ1n) is 8.16. The Morgan fingerprint density at radius 2 is 2.04 bits per heavy atom. The van der Waals surface area contributed by atoms with Gasteiger partial charge in [0.05, 0.1) is 31.2 Å². The summed E-state index contributed by atoms with van der Waals surface area (Å²) >= 11 is 1.57. The average Bonchev–Trinajstić information content (AvgIpc) is 3.33. The second kappa shape index (κ2) is 8.53. The Bertz CT molecular complexity index is 858. The summed E-state index contributed by atoms with van der Waals surface area (Å²) in [5, 5.41) is 8.83. The molecule has 26 heavy (non-hydrogen) atoms. The zero-order chi connectivity index (χ0) is 18.4. The van der Waals surface area contributed by atoms with Gasteiger partial charge in [-0.05, 0) is 35.6 Å². The summed E-state index contributed by atoms with van der Waals surface area (Å²) in [6.45, 7) is 0.532. The minimum atomic E-state index is -0.0866. The summed E-state index contributed by atoms with van der Waals surface area (Å²) in [7, 11) is 3.21. The van der Waals surface area contributed by atoms with Crippen LogP contribution in [0.1, 0.15) is 11.3 Å². The Balaban J connectivity index is 1.49. The smallest absolute Gasteiger partial charge is 0.226 e. The molecule has 0 unspecified atom stereocenters. The first-order chi connectivity index (χ1) is 12.7. The Hall–Kier alpha value is -2.80. The number of amides is 1. The van der Waals surface area contributed by atoms with Gasteiger partial charge in [-0.1, -0.05) is 17.3 Å².